The van der Waals surface area contributed by atoms with Crippen molar-refractivity contribution in [2.45, 2.75) is 6.54 Å². The Balaban J connectivity index is 1.30. The van der Waals surface area contributed by atoms with Gasteiger partial charge in [0.2, 0.25) is 0 Å². The normalized spacial score (nSPS) is 13.8. The highest BCUT2D eigenvalue weighted by Crippen LogP contribution is 2.21. The van der Waals surface area contributed by atoms with Crippen molar-refractivity contribution in [3.63, 3.8) is 0 Å². The lowest BCUT2D eigenvalue weighted by molar-refractivity contribution is 0.288. The standard InChI is InChI=1S/C30H28N4O/c35-30-28(25-12-4-1-5-13-25)24-29(26-14-6-2-7-15-26)31-34(30)19-11-10-18-32-20-22-33(23-21-32)27-16-8-3-9-17-27/h1-9,12-17,24H,18-23H2. The summed E-state index contributed by atoms with van der Waals surface area (Å²) in [5.41, 5.74) is 4.41. The summed E-state index contributed by atoms with van der Waals surface area (Å²) >= 11 is 0. The molecule has 1 saturated heterocycles. The predicted molar refractivity (Wildman–Crippen MR) is 142 cm³/mol. The Hall–Kier alpha value is -4.14. The zero-order valence-electron chi connectivity index (χ0n) is 19.7. The van der Waals surface area contributed by atoms with Gasteiger partial charge in [-0.05, 0) is 23.8 Å². The number of rotatable bonds is 5. The van der Waals surface area contributed by atoms with E-state index in [-0.39, 0.29) is 12.1 Å². The number of benzene rings is 3. The summed E-state index contributed by atoms with van der Waals surface area (Å²) in [6.45, 7) is 4.90. The lowest BCUT2D eigenvalue weighted by atomic mass is 10.0. The van der Waals surface area contributed by atoms with Crippen LogP contribution in [-0.4, -0.2) is 47.4 Å². The molecule has 1 fully saturated rings. The summed E-state index contributed by atoms with van der Waals surface area (Å²) in [5.74, 6) is 6.45. The van der Waals surface area contributed by atoms with Gasteiger partial charge >= 0.3 is 0 Å². The smallest absolute Gasteiger partial charge is 0.275 e. The summed E-state index contributed by atoms with van der Waals surface area (Å²) in [7, 11) is 0. The molecular weight excluding hydrogens is 432 g/mol. The van der Waals surface area contributed by atoms with Crippen LogP contribution in [0.25, 0.3) is 22.4 Å². The molecule has 0 atom stereocenters. The molecule has 1 aromatic heterocycles. The van der Waals surface area contributed by atoms with Crippen molar-refractivity contribution in [3.8, 4) is 34.2 Å². The second-order valence-electron chi connectivity index (χ2n) is 8.59. The molecule has 4 aromatic rings. The lowest BCUT2D eigenvalue weighted by Gasteiger charge is -2.35. The zero-order valence-corrected chi connectivity index (χ0v) is 19.7. The molecule has 1 aliphatic rings. The van der Waals surface area contributed by atoms with Crippen LogP contribution >= 0.6 is 0 Å². The number of nitrogens with zero attached hydrogens (tertiary/aromatic N) is 4. The third kappa shape index (κ3) is 5.51. The third-order valence-electron chi connectivity index (χ3n) is 6.28. The average Bonchev–Trinajstić information content (AvgIpc) is 2.93. The van der Waals surface area contributed by atoms with E-state index in [2.05, 4.69) is 51.0 Å². The molecule has 0 spiro atoms. The van der Waals surface area contributed by atoms with Crippen molar-refractivity contribution >= 4 is 5.69 Å². The van der Waals surface area contributed by atoms with E-state index < -0.39 is 0 Å². The first-order valence-corrected chi connectivity index (χ1v) is 12.0. The van der Waals surface area contributed by atoms with Crippen molar-refractivity contribution in [1.82, 2.24) is 14.7 Å². The molecule has 35 heavy (non-hydrogen) atoms. The molecule has 0 aliphatic carbocycles. The van der Waals surface area contributed by atoms with Gasteiger partial charge in [0.05, 0.1) is 17.8 Å². The van der Waals surface area contributed by atoms with E-state index in [1.54, 1.807) is 0 Å². The highest BCUT2D eigenvalue weighted by atomic mass is 16.1. The molecule has 0 radical (unpaired) electrons. The van der Waals surface area contributed by atoms with Crippen LogP contribution < -0.4 is 10.5 Å². The molecule has 0 N–H and O–H groups in total. The maximum Gasteiger partial charge on any atom is 0.275 e. The summed E-state index contributed by atoms with van der Waals surface area (Å²) in [6, 6.07) is 32.1. The Morgan fingerprint density at radius 3 is 1.91 bits per heavy atom. The summed E-state index contributed by atoms with van der Waals surface area (Å²) in [4.78, 5) is 18.0. The van der Waals surface area contributed by atoms with Crippen molar-refractivity contribution in [2.75, 3.05) is 37.6 Å². The van der Waals surface area contributed by atoms with Crippen LogP contribution in [0.3, 0.4) is 0 Å². The quantitative estimate of drug-likeness (QED) is 0.414. The Labute approximate surface area is 206 Å². The van der Waals surface area contributed by atoms with Crippen LogP contribution in [-0.2, 0) is 6.54 Å². The Bertz CT molecular complexity index is 1360. The first kappa shape index (κ1) is 22.6. The van der Waals surface area contributed by atoms with Crippen molar-refractivity contribution in [1.29, 1.82) is 0 Å². The van der Waals surface area contributed by atoms with Crippen LogP contribution in [0, 0.1) is 11.8 Å². The molecule has 0 unspecified atom stereocenters. The van der Waals surface area contributed by atoms with Gasteiger partial charge in [-0.25, -0.2) is 4.68 Å². The second kappa shape index (κ2) is 10.9. The third-order valence-corrected chi connectivity index (χ3v) is 6.28. The number of aromatic nitrogens is 2. The van der Waals surface area contributed by atoms with Gasteiger partial charge in [-0.15, -0.1) is 0 Å². The molecule has 0 saturated carbocycles. The minimum Gasteiger partial charge on any atom is -0.369 e. The molecule has 174 valence electrons. The largest absolute Gasteiger partial charge is 0.369 e. The average molecular weight is 461 g/mol. The molecule has 5 heteroatoms. The molecular formula is C30H28N4O. The van der Waals surface area contributed by atoms with Gasteiger partial charge in [0, 0.05) is 37.4 Å². The highest BCUT2D eigenvalue weighted by molar-refractivity contribution is 5.69. The van der Waals surface area contributed by atoms with Gasteiger partial charge in [-0.2, -0.15) is 5.10 Å². The molecule has 5 nitrogen and oxygen atoms in total. The number of para-hydroxylation sites is 1. The topological polar surface area (TPSA) is 41.4 Å². The summed E-state index contributed by atoms with van der Waals surface area (Å²) < 4.78 is 1.49. The van der Waals surface area contributed by atoms with Gasteiger partial charge in [0.15, 0.2) is 0 Å². The van der Waals surface area contributed by atoms with Gasteiger partial charge < -0.3 is 4.90 Å². The first-order valence-electron chi connectivity index (χ1n) is 12.0. The second-order valence-corrected chi connectivity index (χ2v) is 8.59. The molecule has 5 rings (SSSR count). The lowest BCUT2D eigenvalue weighted by Crippen LogP contribution is -2.46. The fourth-order valence-corrected chi connectivity index (χ4v) is 4.32. The van der Waals surface area contributed by atoms with Crippen LogP contribution in [0.1, 0.15) is 0 Å². The molecule has 0 amide bonds. The van der Waals surface area contributed by atoms with E-state index in [4.69, 9.17) is 0 Å². The van der Waals surface area contributed by atoms with E-state index in [1.807, 2.05) is 72.8 Å². The van der Waals surface area contributed by atoms with Crippen LogP contribution in [0.2, 0.25) is 0 Å². The van der Waals surface area contributed by atoms with Crippen LogP contribution in [0.4, 0.5) is 5.69 Å². The van der Waals surface area contributed by atoms with E-state index in [9.17, 15) is 4.79 Å². The van der Waals surface area contributed by atoms with Crippen molar-refractivity contribution < 1.29 is 0 Å². The van der Waals surface area contributed by atoms with E-state index in [1.165, 1.54) is 10.4 Å². The molecule has 0 bridgehead atoms. The Kier molecular flexibility index (Phi) is 7.02. The van der Waals surface area contributed by atoms with Crippen molar-refractivity contribution in [2.24, 2.45) is 0 Å². The number of anilines is 1. The van der Waals surface area contributed by atoms with Crippen LogP contribution in [0.5, 0.6) is 0 Å². The zero-order chi connectivity index (χ0) is 23.9. The Morgan fingerprint density at radius 1 is 0.686 bits per heavy atom. The highest BCUT2D eigenvalue weighted by Gasteiger charge is 2.16. The number of hydrogen-bond acceptors (Lipinski definition) is 4. The SMILES string of the molecule is O=c1c(-c2ccccc2)cc(-c2ccccc2)nn1CC#CCN1CCN(c2ccccc2)CC1. The predicted octanol–water partition coefficient (Wildman–Crippen LogP) is 4.40. The monoisotopic (exact) mass is 460 g/mol. The van der Waals surface area contributed by atoms with Gasteiger partial charge in [-0.3, -0.25) is 9.69 Å². The van der Waals surface area contributed by atoms with Gasteiger partial charge in [-0.1, -0.05) is 90.7 Å². The van der Waals surface area contributed by atoms with Gasteiger partial charge in [0.1, 0.15) is 6.54 Å². The fourth-order valence-electron chi connectivity index (χ4n) is 4.32. The number of piperazine rings is 1. The summed E-state index contributed by atoms with van der Waals surface area (Å²) in [6.07, 6.45) is 0. The van der Waals surface area contributed by atoms with E-state index in [0.717, 1.165) is 43.0 Å². The molecule has 2 heterocycles. The number of hydrogen-bond donors (Lipinski definition) is 0. The minimum absolute atomic E-state index is 0.123. The van der Waals surface area contributed by atoms with Crippen LogP contribution in [0.15, 0.2) is 102 Å². The Morgan fingerprint density at radius 2 is 1.26 bits per heavy atom. The minimum atomic E-state index is -0.123. The fraction of sp³-hybridized carbons (Fsp3) is 0.200. The van der Waals surface area contributed by atoms with E-state index >= 15 is 0 Å². The van der Waals surface area contributed by atoms with Crippen molar-refractivity contribution in [3.05, 3.63) is 107 Å². The molecule has 1 aliphatic heterocycles. The molecule has 3 aromatic carbocycles. The first-order chi connectivity index (χ1) is 17.3. The van der Waals surface area contributed by atoms with E-state index in [0.29, 0.717) is 12.1 Å². The maximum atomic E-state index is 13.2. The maximum absolute atomic E-state index is 13.2. The summed E-state index contributed by atoms with van der Waals surface area (Å²) in [5, 5.41) is 4.64. The van der Waals surface area contributed by atoms with Gasteiger partial charge in [0.25, 0.3) is 5.56 Å².